The van der Waals surface area contributed by atoms with E-state index in [9.17, 15) is 14.4 Å². The first kappa shape index (κ1) is 19.4. The average Bonchev–Trinajstić information content (AvgIpc) is 2.95. The van der Waals surface area contributed by atoms with Crippen LogP contribution in [0.4, 0.5) is 10.5 Å². The van der Waals surface area contributed by atoms with Crippen LogP contribution in [-0.2, 0) is 16.1 Å². The van der Waals surface area contributed by atoms with E-state index in [1.54, 1.807) is 24.3 Å². The van der Waals surface area contributed by atoms with Crippen LogP contribution in [0, 0.1) is 0 Å². The molecule has 0 spiro atoms. The molecule has 6 nitrogen and oxygen atoms in total. The highest BCUT2D eigenvalue weighted by atomic mass is 79.9. The van der Waals surface area contributed by atoms with Crippen molar-refractivity contribution >= 4 is 50.4 Å². The van der Waals surface area contributed by atoms with Crippen molar-refractivity contribution in [3.05, 3.63) is 58.6 Å². The molecule has 1 heterocycles. The van der Waals surface area contributed by atoms with Gasteiger partial charge in [0.05, 0.1) is 25.3 Å². The van der Waals surface area contributed by atoms with Crippen molar-refractivity contribution in [2.75, 3.05) is 17.7 Å². The number of hydrogen-bond acceptors (Lipinski definition) is 5. The third-order valence-electron chi connectivity index (χ3n) is 3.81. The monoisotopic (exact) mass is 448 g/mol. The third-order valence-corrected chi connectivity index (χ3v) is 5.16. The topological polar surface area (TPSA) is 75.7 Å². The number of carbonyl (C=O) groups excluding carboxylic acids is 3. The lowest BCUT2D eigenvalue weighted by molar-refractivity contribution is -0.125. The maximum Gasteiger partial charge on any atom is 0.289 e. The summed E-state index contributed by atoms with van der Waals surface area (Å²) in [5.41, 5.74) is 1.48. The van der Waals surface area contributed by atoms with Gasteiger partial charge in [0.15, 0.2) is 0 Å². The molecular weight excluding hydrogens is 432 g/mol. The standard InChI is InChI=1S/C19H17BrN2O4S/c20-14-2-1-3-16(10-14)26-9-8-17(23)21-15-6-4-13(5-7-15)11-22-18(24)12-27-19(22)25/h1-7,10H,8-9,11-12H2,(H,21,23). The zero-order valence-electron chi connectivity index (χ0n) is 14.3. The lowest BCUT2D eigenvalue weighted by Crippen LogP contribution is -2.27. The quantitative estimate of drug-likeness (QED) is 0.691. The molecule has 140 valence electrons. The van der Waals surface area contributed by atoms with Crippen LogP contribution in [0.1, 0.15) is 12.0 Å². The summed E-state index contributed by atoms with van der Waals surface area (Å²) in [6.45, 7) is 0.524. The maximum atomic E-state index is 12.0. The predicted molar refractivity (Wildman–Crippen MR) is 108 cm³/mol. The predicted octanol–water partition coefficient (Wildman–Crippen LogP) is 4.05. The summed E-state index contributed by atoms with van der Waals surface area (Å²) < 4.78 is 6.46. The summed E-state index contributed by atoms with van der Waals surface area (Å²) in [5.74, 6) is 0.576. The number of anilines is 1. The van der Waals surface area contributed by atoms with Crippen LogP contribution >= 0.6 is 27.7 Å². The van der Waals surface area contributed by atoms with Gasteiger partial charge in [-0.15, -0.1) is 0 Å². The number of amides is 3. The summed E-state index contributed by atoms with van der Waals surface area (Å²) in [6, 6.07) is 14.5. The summed E-state index contributed by atoms with van der Waals surface area (Å²) in [4.78, 5) is 36.5. The minimum Gasteiger partial charge on any atom is -0.493 e. The Balaban J connectivity index is 1.45. The number of hydrogen-bond donors (Lipinski definition) is 1. The smallest absolute Gasteiger partial charge is 0.289 e. The molecule has 2 aromatic rings. The summed E-state index contributed by atoms with van der Waals surface area (Å²) >= 11 is 4.38. The largest absolute Gasteiger partial charge is 0.493 e. The van der Waals surface area contributed by atoms with Crippen LogP contribution in [0.2, 0.25) is 0 Å². The van der Waals surface area contributed by atoms with Gasteiger partial charge in [0.2, 0.25) is 11.8 Å². The Hall–Kier alpha value is -2.32. The molecule has 0 bridgehead atoms. The Bertz CT molecular complexity index is 841. The summed E-state index contributed by atoms with van der Waals surface area (Å²) in [7, 11) is 0. The normalized spacial score (nSPS) is 13.7. The molecule has 0 aromatic heterocycles. The van der Waals surface area contributed by atoms with Gasteiger partial charge in [0, 0.05) is 10.2 Å². The van der Waals surface area contributed by atoms with Crippen molar-refractivity contribution in [3.8, 4) is 5.75 Å². The van der Waals surface area contributed by atoms with Crippen molar-refractivity contribution in [2.45, 2.75) is 13.0 Å². The van der Waals surface area contributed by atoms with Gasteiger partial charge < -0.3 is 10.1 Å². The van der Waals surface area contributed by atoms with E-state index < -0.39 is 0 Å². The fourth-order valence-corrected chi connectivity index (χ4v) is 3.55. The first-order valence-electron chi connectivity index (χ1n) is 8.25. The first-order chi connectivity index (χ1) is 13.0. The van der Waals surface area contributed by atoms with Crippen LogP contribution in [0.5, 0.6) is 5.75 Å². The molecule has 1 N–H and O–H groups in total. The third kappa shape index (κ3) is 5.58. The zero-order chi connectivity index (χ0) is 19.2. The van der Waals surface area contributed by atoms with E-state index in [4.69, 9.17) is 4.74 Å². The van der Waals surface area contributed by atoms with E-state index in [-0.39, 0.29) is 42.4 Å². The fourth-order valence-electron chi connectivity index (χ4n) is 2.45. The number of nitrogens with one attached hydrogen (secondary N) is 1. The minimum atomic E-state index is -0.220. The molecule has 1 saturated heterocycles. The number of ether oxygens (including phenoxy) is 1. The summed E-state index contributed by atoms with van der Waals surface area (Å²) in [6.07, 6.45) is 0.224. The first-order valence-corrected chi connectivity index (χ1v) is 10.0. The highest BCUT2D eigenvalue weighted by Crippen LogP contribution is 2.22. The van der Waals surface area contributed by atoms with Gasteiger partial charge in [-0.25, -0.2) is 0 Å². The zero-order valence-corrected chi connectivity index (χ0v) is 16.7. The van der Waals surface area contributed by atoms with Gasteiger partial charge in [0.25, 0.3) is 5.24 Å². The number of nitrogens with zero attached hydrogens (tertiary/aromatic N) is 1. The second kappa shape index (κ2) is 9.05. The van der Waals surface area contributed by atoms with E-state index in [1.165, 1.54) is 4.90 Å². The molecule has 0 aliphatic carbocycles. The van der Waals surface area contributed by atoms with E-state index in [1.807, 2.05) is 24.3 Å². The fraction of sp³-hybridized carbons (Fsp3) is 0.211. The number of carbonyl (C=O) groups is 3. The van der Waals surface area contributed by atoms with Crippen LogP contribution in [0.3, 0.4) is 0 Å². The number of benzene rings is 2. The van der Waals surface area contributed by atoms with Crippen LogP contribution in [0.15, 0.2) is 53.0 Å². The number of rotatable bonds is 7. The van der Waals surface area contributed by atoms with Crippen LogP contribution in [-0.4, -0.2) is 34.3 Å². The van der Waals surface area contributed by atoms with Crippen LogP contribution < -0.4 is 10.1 Å². The number of imide groups is 1. The molecule has 1 aliphatic heterocycles. The van der Waals surface area contributed by atoms with Gasteiger partial charge in [-0.1, -0.05) is 45.9 Å². The molecule has 0 radical (unpaired) electrons. The molecule has 27 heavy (non-hydrogen) atoms. The Kier molecular flexibility index (Phi) is 6.52. The van der Waals surface area contributed by atoms with Crippen molar-refractivity contribution in [3.63, 3.8) is 0 Å². The lowest BCUT2D eigenvalue weighted by atomic mass is 10.2. The lowest BCUT2D eigenvalue weighted by Gasteiger charge is -2.13. The van der Waals surface area contributed by atoms with Crippen molar-refractivity contribution in [1.29, 1.82) is 0 Å². The molecule has 1 fully saturated rings. The van der Waals surface area contributed by atoms with Gasteiger partial charge in [-0.2, -0.15) is 0 Å². The molecule has 0 saturated carbocycles. The van der Waals surface area contributed by atoms with E-state index in [0.717, 1.165) is 21.8 Å². The molecule has 0 atom stereocenters. The molecule has 3 amide bonds. The number of halogens is 1. The molecule has 8 heteroatoms. The van der Waals surface area contributed by atoms with Gasteiger partial charge in [0.1, 0.15) is 5.75 Å². The van der Waals surface area contributed by atoms with E-state index in [0.29, 0.717) is 11.4 Å². The molecule has 3 rings (SSSR count). The van der Waals surface area contributed by atoms with Crippen molar-refractivity contribution in [2.24, 2.45) is 0 Å². The summed E-state index contributed by atoms with van der Waals surface area (Å²) in [5, 5.41) is 2.58. The Labute approximate surface area is 169 Å². The minimum absolute atomic E-state index is 0.154. The Morgan fingerprint density at radius 3 is 2.63 bits per heavy atom. The van der Waals surface area contributed by atoms with Crippen LogP contribution in [0.25, 0.3) is 0 Å². The average molecular weight is 449 g/mol. The highest BCUT2D eigenvalue weighted by Gasteiger charge is 2.29. The molecule has 1 aliphatic rings. The van der Waals surface area contributed by atoms with E-state index in [2.05, 4.69) is 21.2 Å². The highest BCUT2D eigenvalue weighted by molar-refractivity contribution is 9.10. The SMILES string of the molecule is O=C(CCOc1cccc(Br)c1)Nc1ccc(CN2C(=O)CSC2=O)cc1. The Morgan fingerprint density at radius 1 is 1.19 bits per heavy atom. The molecule has 2 aromatic carbocycles. The molecule has 0 unspecified atom stereocenters. The second-order valence-electron chi connectivity index (χ2n) is 5.84. The molecular formula is C19H17BrN2O4S. The maximum absolute atomic E-state index is 12.0. The second-order valence-corrected chi connectivity index (χ2v) is 7.68. The number of thioether (sulfide) groups is 1. The van der Waals surface area contributed by atoms with Gasteiger partial charge in [-0.3, -0.25) is 19.3 Å². The van der Waals surface area contributed by atoms with Crippen molar-refractivity contribution in [1.82, 2.24) is 4.90 Å². The van der Waals surface area contributed by atoms with Gasteiger partial charge in [-0.05, 0) is 35.9 Å². The Morgan fingerprint density at radius 2 is 1.96 bits per heavy atom. The van der Waals surface area contributed by atoms with Crippen molar-refractivity contribution < 1.29 is 19.1 Å². The van der Waals surface area contributed by atoms with E-state index >= 15 is 0 Å². The van der Waals surface area contributed by atoms with Gasteiger partial charge >= 0.3 is 0 Å².